The second-order valence-corrected chi connectivity index (χ2v) is 15.0. The average molecular weight is 754 g/mol. The number of para-hydroxylation sites is 2. The number of rotatable bonds is 5. The van der Waals surface area contributed by atoms with Gasteiger partial charge in [-0.2, -0.15) is 0 Å². The van der Waals surface area contributed by atoms with E-state index in [-0.39, 0.29) is 0 Å². The topological polar surface area (TPSA) is 42.8 Å². The lowest BCUT2D eigenvalue weighted by molar-refractivity contribution is 0.669. The maximum Gasteiger partial charge on any atom is 0.162 e. The fraction of sp³-hybridized carbons (Fsp3) is 0. The van der Waals surface area contributed by atoms with Gasteiger partial charge >= 0.3 is 0 Å². The summed E-state index contributed by atoms with van der Waals surface area (Å²) in [5, 5.41) is 4.56. The van der Waals surface area contributed by atoms with E-state index in [2.05, 4.69) is 162 Å². The Labute approximate surface area is 298 Å². The normalized spacial score (nSPS) is 13.3. The van der Waals surface area contributed by atoms with Crippen molar-refractivity contribution in [1.82, 2.24) is 4.57 Å². The lowest BCUT2D eigenvalue weighted by Gasteiger charge is -2.13. The molecule has 2 aromatic heterocycles. The van der Waals surface area contributed by atoms with E-state index in [4.69, 9.17) is 14.4 Å². The number of fused-ring (bicyclic) bond motifs is 6. The van der Waals surface area contributed by atoms with Gasteiger partial charge in [0, 0.05) is 43.9 Å². The van der Waals surface area contributed by atoms with E-state index in [0.717, 1.165) is 68.6 Å². The van der Waals surface area contributed by atoms with Gasteiger partial charge in [0.2, 0.25) is 0 Å². The van der Waals surface area contributed by atoms with Gasteiger partial charge in [0.25, 0.3) is 0 Å². The Kier molecular flexibility index (Phi) is 6.91. The highest BCUT2D eigenvalue weighted by molar-refractivity contribution is 14.2. The molecule has 0 unspecified atom stereocenters. The Morgan fingerprint density at radius 3 is 1.92 bits per heavy atom. The Hall–Kier alpha value is -5.92. The summed E-state index contributed by atoms with van der Waals surface area (Å²) < 4.78 is 11.0. The lowest BCUT2D eigenvalue weighted by atomic mass is 9.99. The third-order valence-electron chi connectivity index (χ3n) is 9.37. The minimum absolute atomic E-state index is 0.585. The van der Waals surface area contributed by atoms with Gasteiger partial charge in [0.1, 0.15) is 18.5 Å². The van der Waals surface area contributed by atoms with Crippen LogP contribution < -0.4 is 0 Å². The first-order valence-corrected chi connectivity index (χ1v) is 18.8. The zero-order valence-corrected chi connectivity index (χ0v) is 29.0. The third-order valence-corrected chi connectivity index (χ3v) is 12.1. The number of hydrogen-bond acceptors (Lipinski definition) is 3. The highest BCUT2D eigenvalue weighted by Gasteiger charge is 2.21. The summed E-state index contributed by atoms with van der Waals surface area (Å²) in [4.78, 5) is 10.5. The van der Waals surface area contributed by atoms with Crippen LogP contribution in [0.4, 0.5) is 0 Å². The van der Waals surface area contributed by atoms with E-state index in [9.17, 15) is 0 Å². The number of benzene rings is 7. The number of halogens is 1. The van der Waals surface area contributed by atoms with Crippen LogP contribution in [-0.2, 0) is 0 Å². The summed E-state index contributed by atoms with van der Waals surface area (Å²) in [6.07, 6.45) is 0. The molecule has 10 rings (SSSR count). The number of aliphatic imine (C=N–C) groups is 2. The van der Waals surface area contributed by atoms with Crippen LogP contribution in [-0.4, -0.2) is 17.8 Å². The van der Waals surface area contributed by atoms with Crippen molar-refractivity contribution < 1.29 is 4.42 Å². The van der Waals surface area contributed by atoms with Crippen LogP contribution in [0.5, 0.6) is 0 Å². The largest absolute Gasteiger partial charge is 0.456 e. The van der Waals surface area contributed by atoms with Crippen LogP contribution in [0.15, 0.2) is 184 Å². The standard InChI is InChI=1S/C45H28IN3O/c1-4-13-29(14-5-1)43-46-44(30-15-6-2-7-16-30)48-45(47-43)35-20-12-22-41-42(35)37-28-32(24-26-40(37)50-41)31-23-25-39-36(27-31)34-19-10-11-21-38(34)49(39)33-17-8-3-9-18-33/h1-28H. The molecule has 0 aliphatic carbocycles. The van der Waals surface area contributed by atoms with Gasteiger partial charge in [-0.15, -0.1) is 0 Å². The quantitative estimate of drug-likeness (QED) is 0.161. The van der Waals surface area contributed by atoms with E-state index < -0.39 is 20.7 Å². The first-order valence-electron chi connectivity index (χ1n) is 16.6. The molecule has 1 aliphatic heterocycles. The number of aromatic nitrogens is 1. The molecule has 5 heteroatoms. The van der Waals surface area contributed by atoms with Gasteiger partial charge < -0.3 is 8.98 Å². The molecule has 0 bridgehead atoms. The summed E-state index contributed by atoms with van der Waals surface area (Å²) in [6, 6.07) is 59.8. The molecule has 0 radical (unpaired) electrons. The molecule has 3 heterocycles. The van der Waals surface area contributed by atoms with Gasteiger partial charge in [0.05, 0.1) is 11.0 Å². The first kappa shape index (κ1) is 29.0. The predicted octanol–water partition coefficient (Wildman–Crippen LogP) is 11.7. The van der Waals surface area contributed by atoms with E-state index >= 15 is 0 Å². The van der Waals surface area contributed by atoms with Crippen molar-refractivity contribution in [1.29, 1.82) is 0 Å². The monoisotopic (exact) mass is 753 g/mol. The maximum atomic E-state index is 6.47. The van der Waals surface area contributed by atoms with Crippen LogP contribution in [0.3, 0.4) is 0 Å². The molecular formula is C45H28IN3O. The second-order valence-electron chi connectivity index (χ2n) is 12.4. The number of hydrogen-bond donors (Lipinski definition) is 0. The van der Waals surface area contributed by atoms with Crippen molar-refractivity contribution >= 4 is 77.7 Å². The smallest absolute Gasteiger partial charge is 0.162 e. The van der Waals surface area contributed by atoms with Crippen molar-refractivity contribution in [3.8, 4) is 16.8 Å². The maximum absolute atomic E-state index is 6.47. The summed E-state index contributed by atoms with van der Waals surface area (Å²) in [6.45, 7) is 0. The molecular weight excluding hydrogens is 725 g/mol. The van der Waals surface area contributed by atoms with Gasteiger partial charge in [-0.1, -0.05) is 121 Å². The van der Waals surface area contributed by atoms with Crippen LogP contribution in [0, 0.1) is 0 Å². The van der Waals surface area contributed by atoms with Gasteiger partial charge in [-0.25, -0.2) is 9.98 Å². The van der Waals surface area contributed by atoms with Crippen molar-refractivity contribution in [2.24, 2.45) is 9.98 Å². The minimum atomic E-state index is -0.585. The van der Waals surface area contributed by atoms with E-state index in [1.54, 1.807) is 0 Å². The third kappa shape index (κ3) is 4.84. The lowest BCUT2D eigenvalue weighted by Crippen LogP contribution is -2.11. The Balaban J connectivity index is 1.15. The van der Waals surface area contributed by atoms with Crippen LogP contribution >= 0.6 is 20.7 Å². The number of amidine groups is 1. The molecule has 1 aliphatic rings. The van der Waals surface area contributed by atoms with Gasteiger partial charge in [-0.05, 0) is 80.4 Å². The van der Waals surface area contributed by atoms with Gasteiger partial charge in [0.15, 0.2) is 5.84 Å². The van der Waals surface area contributed by atoms with Crippen molar-refractivity contribution in [2.45, 2.75) is 0 Å². The molecule has 236 valence electrons. The van der Waals surface area contributed by atoms with Crippen molar-refractivity contribution in [3.63, 3.8) is 0 Å². The summed E-state index contributed by atoms with van der Waals surface area (Å²) >= 11 is -0.585. The molecule has 0 atom stereocenters. The van der Waals surface area contributed by atoms with Crippen molar-refractivity contribution in [2.75, 3.05) is 0 Å². The van der Waals surface area contributed by atoms with E-state index in [1.807, 2.05) is 12.1 Å². The molecule has 0 saturated heterocycles. The highest BCUT2D eigenvalue weighted by Crippen LogP contribution is 2.38. The molecule has 50 heavy (non-hydrogen) atoms. The molecule has 9 aromatic rings. The summed E-state index contributed by atoms with van der Waals surface area (Å²) in [5.74, 6) is 0.725. The molecule has 0 N–H and O–H groups in total. The SMILES string of the molecule is c1ccc(C2=NC(c3cccc4oc5ccc(-c6ccc7c(c6)c6ccccc6n7-c6ccccc6)cc5c34)=NC(c3ccccc3)=I2)cc1. The Morgan fingerprint density at radius 1 is 0.460 bits per heavy atom. The molecule has 0 saturated carbocycles. The van der Waals surface area contributed by atoms with Crippen LogP contribution in [0.2, 0.25) is 0 Å². The highest BCUT2D eigenvalue weighted by atomic mass is 127. The zero-order valence-electron chi connectivity index (χ0n) is 26.8. The molecule has 4 nitrogen and oxygen atoms in total. The fourth-order valence-corrected chi connectivity index (χ4v) is 9.57. The number of nitrogens with zero attached hydrogens (tertiary/aromatic N) is 3. The molecule has 7 aromatic carbocycles. The van der Waals surface area contributed by atoms with Gasteiger partial charge in [-0.3, -0.25) is 0 Å². The molecule has 0 fully saturated rings. The second kappa shape index (κ2) is 11.9. The van der Waals surface area contributed by atoms with Crippen molar-refractivity contribution in [3.05, 3.63) is 187 Å². The molecule has 0 spiro atoms. The number of furan rings is 1. The zero-order chi connectivity index (χ0) is 33.0. The van der Waals surface area contributed by atoms with E-state index in [1.165, 1.54) is 21.8 Å². The minimum Gasteiger partial charge on any atom is -0.456 e. The fourth-order valence-electron chi connectivity index (χ4n) is 7.05. The Morgan fingerprint density at radius 2 is 1.12 bits per heavy atom. The summed E-state index contributed by atoms with van der Waals surface area (Å²) in [5.41, 5.74) is 10.8. The Bertz CT molecular complexity index is 2810. The van der Waals surface area contributed by atoms with Crippen LogP contribution in [0.25, 0.3) is 60.6 Å². The molecule has 0 amide bonds. The predicted molar refractivity (Wildman–Crippen MR) is 218 cm³/mol. The van der Waals surface area contributed by atoms with E-state index in [0.29, 0.717) is 0 Å². The first-order chi connectivity index (χ1) is 24.8. The summed E-state index contributed by atoms with van der Waals surface area (Å²) in [7, 11) is 0. The van der Waals surface area contributed by atoms with Crippen LogP contribution in [0.1, 0.15) is 16.7 Å². The average Bonchev–Trinajstić information content (AvgIpc) is 3.74.